The van der Waals surface area contributed by atoms with Gasteiger partial charge >= 0.3 is 0 Å². The molecule has 266 valence electrons. The van der Waals surface area contributed by atoms with Crippen molar-refractivity contribution < 1.29 is 0 Å². The molecule has 0 saturated carbocycles. The predicted molar refractivity (Wildman–Crippen MR) is 234 cm³/mol. The van der Waals surface area contributed by atoms with Crippen LogP contribution in [0.4, 0.5) is 0 Å². The van der Waals surface area contributed by atoms with Crippen LogP contribution in [-0.4, -0.2) is 24.5 Å². The molecule has 57 heavy (non-hydrogen) atoms. The SMILES string of the molecule is c1ccc(-c2cc(-c3ccccc3)c3c(cc(-c4nc(-c5ccccc5)nc(-c5ccc(-n6c7ccccc7c7ccccc76)cc5)n4)c4ccccc43)n2)cc1. The molecule has 0 atom stereocenters. The minimum absolute atomic E-state index is 0.594. The third-order valence-corrected chi connectivity index (χ3v) is 10.8. The van der Waals surface area contributed by atoms with Crippen LogP contribution in [-0.2, 0) is 0 Å². The molecule has 5 heteroatoms. The quantitative estimate of drug-likeness (QED) is 0.160. The zero-order chi connectivity index (χ0) is 37.7. The van der Waals surface area contributed by atoms with E-state index in [4.69, 9.17) is 19.9 Å². The second-order valence-corrected chi connectivity index (χ2v) is 14.2. The van der Waals surface area contributed by atoms with Gasteiger partial charge in [0.25, 0.3) is 0 Å². The van der Waals surface area contributed by atoms with E-state index in [2.05, 4.69) is 168 Å². The van der Waals surface area contributed by atoms with Crippen molar-refractivity contribution in [1.29, 1.82) is 0 Å². The minimum atomic E-state index is 0.594. The van der Waals surface area contributed by atoms with Crippen molar-refractivity contribution in [3.63, 3.8) is 0 Å². The molecule has 0 aliphatic rings. The molecule has 0 radical (unpaired) electrons. The van der Waals surface area contributed by atoms with Gasteiger partial charge in [-0.3, -0.25) is 0 Å². The van der Waals surface area contributed by atoms with E-state index in [1.54, 1.807) is 0 Å². The zero-order valence-electron chi connectivity index (χ0n) is 30.8. The van der Waals surface area contributed by atoms with Gasteiger partial charge in [-0.1, -0.05) is 152 Å². The number of para-hydroxylation sites is 2. The summed E-state index contributed by atoms with van der Waals surface area (Å²) in [5, 5.41) is 5.70. The topological polar surface area (TPSA) is 56.5 Å². The van der Waals surface area contributed by atoms with Crippen molar-refractivity contribution in [2.45, 2.75) is 0 Å². The van der Waals surface area contributed by atoms with Crippen LogP contribution in [0.5, 0.6) is 0 Å². The molecule has 0 aliphatic heterocycles. The van der Waals surface area contributed by atoms with Crippen LogP contribution in [0.1, 0.15) is 0 Å². The highest BCUT2D eigenvalue weighted by molar-refractivity contribution is 6.18. The Balaban J connectivity index is 1.12. The normalized spacial score (nSPS) is 11.5. The maximum Gasteiger partial charge on any atom is 0.164 e. The lowest BCUT2D eigenvalue weighted by molar-refractivity contribution is 1.07. The van der Waals surface area contributed by atoms with E-state index >= 15 is 0 Å². The van der Waals surface area contributed by atoms with Gasteiger partial charge in [-0.25, -0.2) is 19.9 Å². The Bertz CT molecular complexity index is 3210. The molecule has 0 fully saturated rings. The monoisotopic (exact) mass is 727 g/mol. The van der Waals surface area contributed by atoms with E-state index in [1.807, 2.05) is 36.4 Å². The first kappa shape index (κ1) is 32.7. The van der Waals surface area contributed by atoms with Crippen molar-refractivity contribution in [2.24, 2.45) is 0 Å². The molecule has 11 aromatic rings. The van der Waals surface area contributed by atoms with Gasteiger partial charge < -0.3 is 4.57 Å². The van der Waals surface area contributed by atoms with Gasteiger partial charge in [0.15, 0.2) is 17.5 Å². The number of nitrogens with zero attached hydrogens (tertiary/aromatic N) is 5. The van der Waals surface area contributed by atoms with Crippen molar-refractivity contribution in [3.8, 4) is 62.2 Å². The zero-order valence-corrected chi connectivity index (χ0v) is 30.8. The first-order valence-corrected chi connectivity index (χ1v) is 19.1. The Morgan fingerprint density at radius 1 is 0.316 bits per heavy atom. The minimum Gasteiger partial charge on any atom is -0.309 e. The number of pyridine rings is 1. The van der Waals surface area contributed by atoms with E-state index in [0.29, 0.717) is 17.5 Å². The van der Waals surface area contributed by atoms with E-state index in [9.17, 15) is 0 Å². The van der Waals surface area contributed by atoms with Gasteiger partial charge in [0.1, 0.15) is 0 Å². The van der Waals surface area contributed by atoms with E-state index in [-0.39, 0.29) is 0 Å². The van der Waals surface area contributed by atoms with Crippen molar-refractivity contribution in [2.75, 3.05) is 0 Å². The number of benzene rings is 8. The first-order chi connectivity index (χ1) is 28.3. The number of hydrogen-bond acceptors (Lipinski definition) is 4. The lowest BCUT2D eigenvalue weighted by Gasteiger charge is -2.16. The molecular formula is C52H33N5. The highest BCUT2D eigenvalue weighted by Crippen LogP contribution is 2.41. The highest BCUT2D eigenvalue weighted by Gasteiger charge is 2.20. The summed E-state index contributed by atoms with van der Waals surface area (Å²) in [6.45, 7) is 0. The van der Waals surface area contributed by atoms with Gasteiger partial charge in [0, 0.05) is 44.1 Å². The number of rotatable bonds is 6. The van der Waals surface area contributed by atoms with Gasteiger partial charge in [0.05, 0.1) is 22.2 Å². The van der Waals surface area contributed by atoms with Gasteiger partial charge in [-0.15, -0.1) is 0 Å². The second kappa shape index (κ2) is 13.5. The summed E-state index contributed by atoms with van der Waals surface area (Å²) < 4.78 is 2.32. The van der Waals surface area contributed by atoms with Crippen LogP contribution in [0.25, 0.3) is 106 Å². The lowest BCUT2D eigenvalue weighted by Crippen LogP contribution is -2.01. The summed E-state index contributed by atoms with van der Waals surface area (Å²) in [5.74, 6) is 1.81. The largest absolute Gasteiger partial charge is 0.309 e. The molecule has 3 heterocycles. The van der Waals surface area contributed by atoms with Gasteiger partial charge in [-0.2, -0.15) is 0 Å². The molecule has 0 bridgehead atoms. The molecular weight excluding hydrogens is 695 g/mol. The molecule has 5 nitrogen and oxygen atoms in total. The van der Waals surface area contributed by atoms with E-state index < -0.39 is 0 Å². The second-order valence-electron chi connectivity index (χ2n) is 14.2. The maximum atomic E-state index is 5.33. The molecule has 0 unspecified atom stereocenters. The molecule has 0 saturated heterocycles. The average Bonchev–Trinajstić information content (AvgIpc) is 3.63. The summed E-state index contributed by atoms with van der Waals surface area (Å²) in [7, 11) is 0. The van der Waals surface area contributed by atoms with E-state index in [0.717, 1.165) is 66.4 Å². The van der Waals surface area contributed by atoms with Crippen molar-refractivity contribution in [1.82, 2.24) is 24.5 Å². The molecule has 0 aliphatic carbocycles. The lowest BCUT2D eigenvalue weighted by atomic mass is 9.92. The van der Waals surface area contributed by atoms with Crippen molar-refractivity contribution >= 4 is 43.5 Å². The maximum absolute atomic E-state index is 5.33. The van der Waals surface area contributed by atoms with Gasteiger partial charge in [0.2, 0.25) is 0 Å². The molecule has 3 aromatic heterocycles. The summed E-state index contributed by atoms with van der Waals surface area (Å²) in [5.41, 5.74) is 11.3. The fourth-order valence-corrected chi connectivity index (χ4v) is 8.19. The van der Waals surface area contributed by atoms with Crippen LogP contribution < -0.4 is 0 Å². The van der Waals surface area contributed by atoms with Crippen LogP contribution in [0.2, 0.25) is 0 Å². The number of hydrogen-bond donors (Lipinski definition) is 0. The Kier molecular flexibility index (Phi) is 7.74. The Hall–Kier alpha value is -7.76. The van der Waals surface area contributed by atoms with Crippen molar-refractivity contribution in [3.05, 3.63) is 200 Å². The summed E-state index contributed by atoms with van der Waals surface area (Å²) in [6, 6.07) is 69.7. The smallest absolute Gasteiger partial charge is 0.164 e. The van der Waals surface area contributed by atoms with Crippen LogP contribution in [0, 0.1) is 0 Å². The predicted octanol–water partition coefficient (Wildman–Crippen LogP) is 13.0. The Labute approximate surface area is 329 Å². The highest BCUT2D eigenvalue weighted by atomic mass is 15.0. The molecule has 8 aromatic carbocycles. The third kappa shape index (κ3) is 5.64. The molecule has 11 rings (SSSR count). The number of aromatic nitrogens is 5. The van der Waals surface area contributed by atoms with Gasteiger partial charge in [-0.05, 0) is 70.4 Å². The summed E-state index contributed by atoms with van der Waals surface area (Å²) in [6.07, 6.45) is 0. The fraction of sp³-hybridized carbons (Fsp3) is 0. The number of fused-ring (bicyclic) bond motifs is 6. The van der Waals surface area contributed by atoms with E-state index in [1.165, 1.54) is 21.8 Å². The average molecular weight is 728 g/mol. The Morgan fingerprint density at radius 3 is 1.40 bits per heavy atom. The van der Waals surface area contributed by atoms with Crippen LogP contribution in [0.15, 0.2) is 200 Å². The summed E-state index contributed by atoms with van der Waals surface area (Å²) in [4.78, 5) is 20.9. The molecule has 0 N–H and O–H groups in total. The summed E-state index contributed by atoms with van der Waals surface area (Å²) >= 11 is 0. The standard InChI is InChI=1S/C52H33N5/c1-4-16-34(17-5-1)43-32-45(35-18-6-2-7-19-35)53-46-33-44(39-22-10-11-25-42(39)49(43)46)52-55-50(36-20-8-3-9-21-36)54-51(56-52)37-28-30-38(31-29-37)57-47-26-14-12-23-40(47)41-24-13-15-27-48(41)57/h1-33H. The molecule has 0 spiro atoms. The first-order valence-electron chi connectivity index (χ1n) is 19.1. The fourth-order valence-electron chi connectivity index (χ4n) is 8.19. The van der Waals surface area contributed by atoms with Crippen LogP contribution >= 0.6 is 0 Å². The van der Waals surface area contributed by atoms with Crippen LogP contribution in [0.3, 0.4) is 0 Å². The molecule has 0 amide bonds. The third-order valence-electron chi connectivity index (χ3n) is 10.8. The Morgan fingerprint density at radius 2 is 0.789 bits per heavy atom.